The van der Waals surface area contributed by atoms with Crippen molar-refractivity contribution in [2.75, 3.05) is 18.5 Å². The third-order valence-electron chi connectivity index (χ3n) is 4.82. The number of nitrogens with one attached hydrogen (secondary N) is 1. The van der Waals surface area contributed by atoms with Crippen LogP contribution >= 0.6 is 11.3 Å². The fourth-order valence-corrected chi connectivity index (χ4v) is 4.10. The van der Waals surface area contributed by atoms with Gasteiger partial charge in [-0.1, -0.05) is 31.2 Å². The van der Waals surface area contributed by atoms with Crippen LogP contribution in [0, 0.1) is 10.1 Å². The third kappa shape index (κ3) is 6.17. The fraction of sp³-hybridized carbons (Fsp3) is 0.250. The van der Waals surface area contributed by atoms with E-state index < -0.39 is 10.9 Å². The van der Waals surface area contributed by atoms with Crippen molar-refractivity contribution in [1.29, 1.82) is 0 Å². The number of amides is 1. The minimum atomic E-state index is -0.608. The molecule has 0 radical (unpaired) electrons. The third-order valence-corrected chi connectivity index (χ3v) is 5.72. The van der Waals surface area contributed by atoms with Gasteiger partial charge in [-0.3, -0.25) is 14.9 Å². The molecule has 2 aromatic carbocycles. The Bertz CT molecular complexity index is 1140. The molecule has 0 aliphatic rings. The van der Waals surface area contributed by atoms with Gasteiger partial charge in [-0.25, -0.2) is 4.79 Å². The first-order valence-electron chi connectivity index (χ1n) is 10.5. The van der Waals surface area contributed by atoms with Crippen LogP contribution in [0.3, 0.4) is 0 Å². The van der Waals surface area contributed by atoms with Crippen LogP contribution in [0.1, 0.15) is 36.2 Å². The summed E-state index contributed by atoms with van der Waals surface area (Å²) in [6, 6.07) is 13.6. The molecule has 0 unspecified atom stereocenters. The van der Waals surface area contributed by atoms with Crippen LogP contribution in [0.15, 0.2) is 53.9 Å². The van der Waals surface area contributed by atoms with Gasteiger partial charge in [0, 0.05) is 23.1 Å². The van der Waals surface area contributed by atoms with E-state index in [0.29, 0.717) is 21.9 Å². The Kier molecular flexibility index (Phi) is 8.15. The summed E-state index contributed by atoms with van der Waals surface area (Å²) in [5.41, 5.74) is 2.23. The molecule has 0 aliphatic carbocycles. The molecule has 0 spiro atoms. The number of hydrogen-bond donors (Lipinski definition) is 1. The first-order chi connectivity index (χ1) is 15.9. The van der Waals surface area contributed by atoms with Gasteiger partial charge in [0.15, 0.2) is 0 Å². The molecule has 9 heteroatoms. The molecule has 0 atom stereocenters. The quantitative estimate of drug-likeness (QED) is 0.240. The lowest BCUT2D eigenvalue weighted by molar-refractivity contribution is -0.384. The number of nitro groups is 1. The number of carbonyl (C=O) groups excluding carboxylic acids is 2. The van der Waals surface area contributed by atoms with Crippen molar-refractivity contribution < 1.29 is 24.0 Å². The van der Waals surface area contributed by atoms with Crippen molar-refractivity contribution >= 4 is 33.9 Å². The number of rotatable bonds is 10. The number of nitro benzene ring substituents is 1. The average molecular weight is 469 g/mol. The molecule has 33 heavy (non-hydrogen) atoms. The van der Waals surface area contributed by atoms with Gasteiger partial charge >= 0.3 is 5.97 Å². The maximum atomic E-state index is 12.6. The van der Waals surface area contributed by atoms with E-state index in [1.165, 1.54) is 17.7 Å². The molecule has 1 aromatic heterocycles. The summed E-state index contributed by atoms with van der Waals surface area (Å²) in [7, 11) is 0. The van der Waals surface area contributed by atoms with Gasteiger partial charge in [-0.15, -0.1) is 11.3 Å². The number of aryl methyl sites for hydroxylation is 1. The summed E-state index contributed by atoms with van der Waals surface area (Å²) in [6.07, 6.45) is 1.02. The summed E-state index contributed by atoms with van der Waals surface area (Å²) >= 11 is 1.16. The lowest BCUT2D eigenvalue weighted by Gasteiger charge is -2.10. The first-order valence-corrected chi connectivity index (χ1v) is 11.4. The Morgan fingerprint density at radius 1 is 1.12 bits per heavy atom. The topological polar surface area (TPSA) is 108 Å². The predicted molar refractivity (Wildman–Crippen MR) is 127 cm³/mol. The van der Waals surface area contributed by atoms with Crippen molar-refractivity contribution in [3.8, 4) is 16.9 Å². The molecule has 172 valence electrons. The van der Waals surface area contributed by atoms with Gasteiger partial charge in [0.2, 0.25) is 5.91 Å². The molecule has 0 saturated heterocycles. The Hall–Kier alpha value is -3.72. The smallest absolute Gasteiger partial charge is 0.341 e. The Morgan fingerprint density at radius 3 is 2.55 bits per heavy atom. The van der Waals surface area contributed by atoms with Crippen molar-refractivity contribution in [3.63, 3.8) is 0 Å². The molecular weight excluding hydrogens is 444 g/mol. The molecule has 3 aromatic rings. The van der Waals surface area contributed by atoms with E-state index in [1.54, 1.807) is 24.4 Å². The highest BCUT2D eigenvalue weighted by Crippen LogP contribution is 2.37. The number of carbonyl (C=O) groups is 2. The lowest BCUT2D eigenvalue weighted by Crippen LogP contribution is -2.17. The maximum Gasteiger partial charge on any atom is 0.341 e. The molecule has 0 bridgehead atoms. The second-order valence-electron chi connectivity index (χ2n) is 7.03. The second-order valence-corrected chi connectivity index (χ2v) is 7.91. The highest BCUT2D eigenvalue weighted by atomic mass is 32.1. The van der Waals surface area contributed by atoms with Crippen LogP contribution in [0.25, 0.3) is 11.1 Å². The zero-order valence-electron chi connectivity index (χ0n) is 18.3. The molecule has 1 amide bonds. The number of ether oxygens (including phenoxy) is 2. The monoisotopic (exact) mass is 468 g/mol. The highest BCUT2D eigenvalue weighted by molar-refractivity contribution is 7.15. The van der Waals surface area contributed by atoms with Crippen LogP contribution in [0.2, 0.25) is 0 Å². The molecular formula is C24H24N2O6S. The number of hydrogen-bond acceptors (Lipinski definition) is 7. The van der Waals surface area contributed by atoms with E-state index in [9.17, 15) is 19.7 Å². The van der Waals surface area contributed by atoms with Crippen molar-refractivity contribution in [2.24, 2.45) is 0 Å². The van der Waals surface area contributed by atoms with Crippen LogP contribution in [-0.4, -0.2) is 30.0 Å². The van der Waals surface area contributed by atoms with Gasteiger partial charge in [0.1, 0.15) is 16.3 Å². The van der Waals surface area contributed by atoms with Crippen LogP contribution < -0.4 is 10.1 Å². The first kappa shape index (κ1) is 23.9. The number of esters is 1. The van der Waals surface area contributed by atoms with Gasteiger partial charge < -0.3 is 14.8 Å². The average Bonchev–Trinajstić information content (AvgIpc) is 3.23. The molecule has 3 rings (SSSR count). The summed E-state index contributed by atoms with van der Waals surface area (Å²) in [5, 5.41) is 15.9. The standard InChI is InChI=1S/C24H24N2O6S/c1-3-16-8-10-19(11-9-16)32-13-12-21(27)25-23-22(24(28)31-4-2)20(15-33-23)17-6-5-7-18(14-17)26(29)30/h5-11,14-15H,3-4,12-13H2,1-2H3,(H,25,27). The summed E-state index contributed by atoms with van der Waals surface area (Å²) in [5.74, 6) is -0.253. The van der Waals surface area contributed by atoms with E-state index in [0.717, 1.165) is 17.8 Å². The number of nitrogens with zero attached hydrogens (tertiary/aromatic N) is 1. The largest absolute Gasteiger partial charge is 0.493 e. The number of anilines is 1. The molecule has 0 saturated carbocycles. The molecule has 0 aliphatic heterocycles. The van der Waals surface area contributed by atoms with E-state index in [2.05, 4.69) is 12.2 Å². The van der Waals surface area contributed by atoms with Crippen LogP contribution in [0.4, 0.5) is 10.7 Å². The van der Waals surface area contributed by atoms with Crippen molar-refractivity contribution in [3.05, 3.63) is 75.2 Å². The Morgan fingerprint density at radius 2 is 1.88 bits per heavy atom. The number of non-ortho nitro benzene ring substituents is 1. The van der Waals surface area contributed by atoms with Gasteiger partial charge in [-0.2, -0.15) is 0 Å². The van der Waals surface area contributed by atoms with E-state index in [1.807, 2.05) is 24.3 Å². The fourth-order valence-electron chi connectivity index (χ4n) is 3.13. The highest BCUT2D eigenvalue weighted by Gasteiger charge is 2.23. The number of benzene rings is 2. The van der Waals surface area contributed by atoms with E-state index in [4.69, 9.17) is 9.47 Å². The maximum absolute atomic E-state index is 12.6. The minimum Gasteiger partial charge on any atom is -0.493 e. The van der Waals surface area contributed by atoms with E-state index >= 15 is 0 Å². The van der Waals surface area contributed by atoms with Crippen molar-refractivity contribution in [1.82, 2.24) is 0 Å². The van der Waals surface area contributed by atoms with Crippen LogP contribution in [-0.2, 0) is 16.0 Å². The Labute approximate surface area is 195 Å². The molecule has 1 heterocycles. The summed E-state index contributed by atoms with van der Waals surface area (Å²) in [4.78, 5) is 35.8. The zero-order chi connectivity index (χ0) is 23.8. The second kappa shape index (κ2) is 11.2. The minimum absolute atomic E-state index is 0.0852. The zero-order valence-corrected chi connectivity index (χ0v) is 19.1. The molecule has 1 N–H and O–H groups in total. The summed E-state index contributed by atoms with van der Waals surface area (Å²) < 4.78 is 10.8. The number of thiophene rings is 1. The lowest BCUT2D eigenvalue weighted by atomic mass is 10.0. The van der Waals surface area contributed by atoms with Gasteiger partial charge in [0.25, 0.3) is 5.69 Å². The van der Waals surface area contributed by atoms with Crippen LogP contribution in [0.5, 0.6) is 5.75 Å². The van der Waals surface area contributed by atoms with E-state index in [-0.39, 0.29) is 36.8 Å². The SMILES string of the molecule is CCOC(=O)c1c(-c2cccc([N+](=O)[O-])c2)csc1NC(=O)CCOc1ccc(CC)cc1. The normalized spacial score (nSPS) is 10.5. The Balaban J connectivity index is 1.73. The van der Waals surface area contributed by atoms with Gasteiger partial charge in [0.05, 0.1) is 24.6 Å². The summed E-state index contributed by atoms with van der Waals surface area (Å²) in [6.45, 7) is 4.08. The molecule has 8 nitrogen and oxygen atoms in total. The van der Waals surface area contributed by atoms with Gasteiger partial charge in [-0.05, 0) is 36.6 Å². The molecule has 0 fully saturated rings. The van der Waals surface area contributed by atoms with Crippen molar-refractivity contribution in [2.45, 2.75) is 26.7 Å². The predicted octanol–water partition coefficient (Wildman–Crippen LogP) is 5.47.